The zero-order valence-corrected chi connectivity index (χ0v) is 16.7. The number of carbonyl (C=O) groups is 2. The van der Waals surface area contributed by atoms with Gasteiger partial charge < -0.3 is 19.5 Å². The summed E-state index contributed by atoms with van der Waals surface area (Å²) in [5.41, 5.74) is 3.45. The number of hydrogen-bond donors (Lipinski definition) is 1. The summed E-state index contributed by atoms with van der Waals surface area (Å²) in [6.07, 6.45) is 2.93. The van der Waals surface area contributed by atoms with Crippen LogP contribution >= 0.6 is 0 Å². The molecule has 0 unspecified atom stereocenters. The van der Waals surface area contributed by atoms with Crippen LogP contribution in [0.5, 0.6) is 11.5 Å². The maximum absolute atomic E-state index is 11.9. The second-order valence-corrected chi connectivity index (χ2v) is 6.12. The summed E-state index contributed by atoms with van der Waals surface area (Å²) in [7, 11) is 4.93. The van der Waals surface area contributed by atoms with Gasteiger partial charge in [0.1, 0.15) is 0 Å². The number of carbonyl (C=O) groups excluding carboxylic acids is 2. The highest BCUT2D eigenvalue weighted by atomic mass is 16.5. The molecular weight excluding hydrogens is 362 g/mol. The summed E-state index contributed by atoms with van der Waals surface area (Å²) >= 11 is 0. The molecular formula is C20H25N3O5. The zero-order chi connectivity index (χ0) is 20.7. The predicted molar refractivity (Wildman–Crippen MR) is 104 cm³/mol. The molecule has 0 fully saturated rings. The topological polar surface area (TPSA) is 91.7 Å². The Morgan fingerprint density at radius 1 is 1.18 bits per heavy atom. The van der Waals surface area contributed by atoms with Gasteiger partial charge in [0.25, 0.3) is 5.91 Å². The zero-order valence-electron chi connectivity index (χ0n) is 16.7. The van der Waals surface area contributed by atoms with Crippen LogP contribution in [0, 0.1) is 13.8 Å². The minimum atomic E-state index is -0.594. The SMILES string of the molecule is COc1ccc(CNC(=O)COC(=O)/C=C/c2c(C)nn(C)c2C)cc1OC. The van der Waals surface area contributed by atoms with Crippen molar-refractivity contribution < 1.29 is 23.8 Å². The first kappa shape index (κ1) is 21.0. The lowest BCUT2D eigenvalue weighted by Crippen LogP contribution is -2.28. The van der Waals surface area contributed by atoms with Gasteiger partial charge in [-0.05, 0) is 37.6 Å². The summed E-state index contributed by atoms with van der Waals surface area (Å²) in [5.74, 6) is 0.193. The molecule has 0 spiro atoms. The van der Waals surface area contributed by atoms with Crippen LogP contribution in [0.4, 0.5) is 0 Å². The molecule has 0 bridgehead atoms. The second kappa shape index (κ2) is 9.59. The van der Waals surface area contributed by atoms with Gasteiger partial charge >= 0.3 is 5.97 Å². The standard InChI is InChI=1S/C20H25N3O5/c1-13-16(14(2)23(3)22-13)7-9-20(25)28-12-19(24)21-11-15-6-8-17(26-4)18(10-15)27-5/h6-10H,11-12H2,1-5H3,(H,21,24)/b9-7+. The average molecular weight is 387 g/mol. The van der Waals surface area contributed by atoms with E-state index in [1.807, 2.05) is 27.0 Å². The van der Waals surface area contributed by atoms with Gasteiger partial charge in [-0.25, -0.2) is 4.79 Å². The minimum absolute atomic E-state index is 0.278. The minimum Gasteiger partial charge on any atom is -0.493 e. The maximum Gasteiger partial charge on any atom is 0.331 e. The van der Waals surface area contributed by atoms with E-state index in [1.54, 1.807) is 37.1 Å². The quantitative estimate of drug-likeness (QED) is 0.550. The monoisotopic (exact) mass is 387 g/mol. The number of hydrogen-bond acceptors (Lipinski definition) is 6. The summed E-state index contributed by atoms with van der Waals surface area (Å²) in [6.45, 7) is 3.69. The van der Waals surface area contributed by atoms with Crippen LogP contribution in [0.2, 0.25) is 0 Å². The molecule has 1 N–H and O–H groups in total. The van der Waals surface area contributed by atoms with Crippen molar-refractivity contribution in [3.05, 3.63) is 46.8 Å². The Kier molecular flexibility index (Phi) is 7.20. The average Bonchev–Trinajstić information content (AvgIpc) is 2.94. The van der Waals surface area contributed by atoms with Crippen LogP contribution in [0.25, 0.3) is 6.08 Å². The van der Waals surface area contributed by atoms with Crippen LogP contribution < -0.4 is 14.8 Å². The number of nitrogens with one attached hydrogen (secondary N) is 1. The van der Waals surface area contributed by atoms with Crippen LogP contribution in [-0.4, -0.2) is 42.5 Å². The summed E-state index contributed by atoms with van der Waals surface area (Å²) < 4.78 is 17.1. The van der Waals surface area contributed by atoms with E-state index in [4.69, 9.17) is 14.2 Å². The lowest BCUT2D eigenvalue weighted by molar-refractivity contribution is -0.143. The van der Waals surface area contributed by atoms with E-state index in [0.29, 0.717) is 11.5 Å². The van der Waals surface area contributed by atoms with Crippen molar-refractivity contribution in [2.24, 2.45) is 7.05 Å². The molecule has 0 aliphatic rings. The van der Waals surface area contributed by atoms with Gasteiger partial charge in [-0.1, -0.05) is 6.07 Å². The van der Waals surface area contributed by atoms with E-state index in [-0.39, 0.29) is 13.2 Å². The highest BCUT2D eigenvalue weighted by molar-refractivity contribution is 5.89. The molecule has 8 nitrogen and oxygen atoms in total. The summed E-state index contributed by atoms with van der Waals surface area (Å²) in [6, 6.07) is 5.34. The maximum atomic E-state index is 11.9. The summed E-state index contributed by atoms with van der Waals surface area (Å²) in [4.78, 5) is 23.7. The first-order valence-corrected chi connectivity index (χ1v) is 8.68. The van der Waals surface area contributed by atoms with Crippen molar-refractivity contribution in [1.29, 1.82) is 0 Å². The van der Waals surface area contributed by atoms with Gasteiger partial charge in [-0.15, -0.1) is 0 Å². The molecule has 0 aliphatic heterocycles. The third-order valence-electron chi connectivity index (χ3n) is 4.23. The smallest absolute Gasteiger partial charge is 0.331 e. The van der Waals surface area contributed by atoms with Crippen molar-refractivity contribution in [2.75, 3.05) is 20.8 Å². The molecule has 2 aromatic rings. The molecule has 8 heteroatoms. The fourth-order valence-electron chi connectivity index (χ4n) is 2.61. The fraction of sp³-hybridized carbons (Fsp3) is 0.350. The van der Waals surface area contributed by atoms with Gasteiger partial charge in [-0.3, -0.25) is 9.48 Å². The highest BCUT2D eigenvalue weighted by Crippen LogP contribution is 2.27. The molecule has 1 amide bonds. The summed E-state index contributed by atoms with van der Waals surface area (Å²) in [5, 5.41) is 6.96. The van der Waals surface area contributed by atoms with Crippen molar-refractivity contribution in [1.82, 2.24) is 15.1 Å². The lowest BCUT2D eigenvalue weighted by Gasteiger charge is -2.10. The molecule has 1 aromatic carbocycles. The Morgan fingerprint density at radius 2 is 1.89 bits per heavy atom. The van der Waals surface area contributed by atoms with E-state index < -0.39 is 11.9 Å². The van der Waals surface area contributed by atoms with E-state index >= 15 is 0 Å². The molecule has 1 heterocycles. The van der Waals surface area contributed by atoms with E-state index in [9.17, 15) is 9.59 Å². The number of methoxy groups -OCH3 is 2. The van der Waals surface area contributed by atoms with Crippen molar-refractivity contribution in [3.63, 3.8) is 0 Å². The molecule has 0 saturated heterocycles. The molecule has 28 heavy (non-hydrogen) atoms. The van der Waals surface area contributed by atoms with Crippen molar-refractivity contribution >= 4 is 18.0 Å². The Hall–Kier alpha value is -3.29. The van der Waals surface area contributed by atoms with E-state index in [0.717, 1.165) is 22.5 Å². The highest BCUT2D eigenvalue weighted by Gasteiger charge is 2.09. The van der Waals surface area contributed by atoms with Gasteiger partial charge in [0.15, 0.2) is 18.1 Å². The largest absolute Gasteiger partial charge is 0.493 e. The Labute approximate surface area is 164 Å². The normalized spacial score (nSPS) is 10.8. The van der Waals surface area contributed by atoms with Crippen LogP contribution in [0.15, 0.2) is 24.3 Å². The van der Waals surface area contributed by atoms with E-state index in [2.05, 4.69) is 10.4 Å². The van der Waals surface area contributed by atoms with E-state index in [1.165, 1.54) is 6.08 Å². The predicted octanol–water partition coefficient (Wildman–Crippen LogP) is 1.93. The van der Waals surface area contributed by atoms with Crippen LogP contribution in [0.3, 0.4) is 0 Å². The van der Waals surface area contributed by atoms with Crippen molar-refractivity contribution in [3.8, 4) is 11.5 Å². The van der Waals surface area contributed by atoms with Gasteiger partial charge in [-0.2, -0.15) is 5.10 Å². The third-order valence-corrected chi connectivity index (χ3v) is 4.23. The number of rotatable bonds is 8. The molecule has 0 atom stereocenters. The lowest BCUT2D eigenvalue weighted by atomic mass is 10.2. The number of benzene rings is 1. The number of aromatic nitrogens is 2. The van der Waals surface area contributed by atoms with Gasteiger partial charge in [0.05, 0.1) is 19.9 Å². The molecule has 0 aliphatic carbocycles. The Morgan fingerprint density at radius 3 is 2.50 bits per heavy atom. The van der Waals surface area contributed by atoms with Crippen LogP contribution in [-0.2, 0) is 27.9 Å². The number of esters is 1. The van der Waals surface area contributed by atoms with Gasteiger partial charge in [0, 0.05) is 30.9 Å². The molecule has 150 valence electrons. The number of nitrogens with zero attached hydrogens (tertiary/aromatic N) is 2. The van der Waals surface area contributed by atoms with Gasteiger partial charge in [0.2, 0.25) is 0 Å². The first-order valence-electron chi connectivity index (χ1n) is 8.68. The second-order valence-electron chi connectivity index (χ2n) is 6.12. The fourth-order valence-corrected chi connectivity index (χ4v) is 2.61. The number of amides is 1. The van der Waals surface area contributed by atoms with Crippen LogP contribution in [0.1, 0.15) is 22.5 Å². The Balaban J connectivity index is 1.82. The van der Waals surface area contributed by atoms with Crippen molar-refractivity contribution in [2.45, 2.75) is 20.4 Å². The molecule has 0 radical (unpaired) electrons. The third kappa shape index (κ3) is 5.35. The Bertz CT molecular complexity index is 886. The molecule has 2 rings (SSSR count). The molecule has 1 aromatic heterocycles. The molecule has 0 saturated carbocycles. The first-order chi connectivity index (χ1) is 13.3. The number of ether oxygens (including phenoxy) is 3. The number of aryl methyl sites for hydroxylation is 2.